The van der Waals surface area contributed by atoms with Gasteiger partial charge in [-0.15, -0.1) is 23.4 Å². The molecule has 0 atom stereocenters. The second-order valence-corrected chi connectivity index (χ2v) is 15.2. The smallest absolute Gasteiger partial charge is 0.506 e. The van der Waals surface area contributed by atoms with E-state index < -0.39 is 29.0 Å². The molecule has 0 aliphatic heterocycles. The molecule has 0 heterocycles. The summed E-state index contributed by atoms with van der Waals surface area (Å²) in [7, 11) is 0. The molecule has 8 rings (SSSR count). The summed E-state index contributed by atoms with van der Waals surface area (Å²) in [6.45, 7) is 0.0742. The van der Waals surface area contributed by atoms with Crippen LogP contribution >= 0.6 is 0 Å². The molecule has 0 aromatic heterocycles. The van der Waals surface area contributed by atoms with Gasteiger partial charge in [0.15, 0.2) is 5.78 Å². The monoisotopic (exact) mass is 977 g/mol. The number of phenols is 2. The molecule has 360 valence electrons. The summed E-state index contributed by atoms with van der Waals surface area (Å²) in [5.74, 6) is -1.99. The largest absolute Gasteiger partial charge is 0.573 e. The number of fused-ring (bicyclic) bond motifs is 2. The molecule has 0 fully saturated rings. The highest BCUT2D eigenvalue weighted by Gasteiger charge is 2.31. The van der Waals surface area contributed by atoms with Crippen molar-refractivity contribution in [1.29, 1.82) is 0 Å². The van der Waals surface area contributed by atoms with Crippen LogP contribution in [0.15, 0.2) is 183 Å². The number of urea groups is 1. The number of oxime groups is 1. The summed E-state index contributed by atoms with van der Waals surface area (Å²) >= 11 is 0. The minimum atomic E-state index is -4.93. The zero-order valence-electron chi connectivity index (χ0n) is 36.8. The van der Waals surface area contributed by atoms with Crippen LogP contribution in [0, 0.1) is 10.1 Å². The van der Waals surface area contributed by atoms with Gasteiger partial charge in [-0.1, -0.05) is 47.6 Å². The lowest BCUT2D eigenvalue weighted by Crippen LogP contribution is -2.34. The molecule has 0 unspecified atom stereocenters. The van der Waals surface area contributed by atoms with E-state index in [1.807, 2.05) is 6.07 Å². The van der Waals surface area contributed by atoms with Gasteiger partial charge in [0.1, 0.15) is 35.2 Å². The predicted molar refractivity (Wildman–Crippen MR) is 257 cm³/mol. The topological polar surface area (TPSA) is 260 Å². The summed E-state index contributed by atoms with van der Waals surface area (Å²) in [6.07, 6.45) is -3.94. The molecule has 5 N–H and O–H groups in total. The van der Waals surface area contributed by atoms with E-state index in [-0.39, 0.29) is 52.2 Å². The number of ether oxygens (including phenoxy) is 1. The lowest BCUT2D eigenvalue weighted by molar-refractivity contribution is -0.384. The number of halogens is 3. The number of nitro benzene ring substituents is 1. The number of nitrogens with zero attached hydrogens (tertiary/aromatic N) is 6. The Bertz CT molecular complexity index is 3460. The number of aromatic hydroxyl groups is 2. The van der Waals surface area contributed by atoms with Gasteiger partial charge in [0.2, 0.25) is 6.40 Å². The van der Waals surface area contributed by atoms with E-state index in [2.05, 4.69) is 46.5 Å². The fourth-order valence-electron chi connectivity index (χ4n) is 6.89. The molecule has 72 heavy (non-hydrogen) atoms. The number of non-ortho nitro benzene ring substituents is 1. The Morgan fingerprint density at radius 3 is 1.86 bits per heavy atom. The molecule has 3 amide bonds. The predicted octanol–water partition coefficient (Wildman–Crippen LogP) is 12.7. The third-order valence-electron chi connectivity index (χ3n) is 10.2. The fourth-order valence-corrected chi connectivity index (χ4v) is 6.89. The first-order valence-corrected chi connectivity index (χ1v) is 21.0. The van der Waals surface area contributed by atoms with Gasteiger partial charge in [-0.05, 0) is 113 Å². The van der Waals surface area contributed by atoms with E-state index in [0.717, 1.165) is 29.5 Å². The number of carbonyl (C=O) groups excluding carboxylic acids is 3. The van der Waals surface area contributed by atoms with E-state index in [1.54, 1.807) is 72.8 Å². The number of rotatable bonds is 16. The minimum Gasteiger partial charge on any atom is -0.506 e. The highest BCUT2D eigenvalue weighted by atomic mass is 19.4. The van der Waals surface area contributed by atoms with E-state index in [1.165, 1.54) is 66.7 Å². The Morgan fingerprint density at radius 2 is 1.24 bits per heavy atom. The van der Waals surface area contributed by atoms with Crippen molar-refractivity contribution in [2.75, 3.05) is 10.8 Å². The standard InChI is InChI=1S/C50H34F3N9O10/c51-50(52,53)72-40-6-2-3-37(26-40)55-49(67)56-48(66)34-12-20-42-33(24-34)14-22-44(64)46(42)60-58-36-17-10-31(11-18-36)47(65)30-8-15-35(16-9-30)57-59-45-41-19-7-29(23-32(41)13-21-43(45)63)27-70-54-28-71-61-38-4-1-5-39(25-38)62(68)69/h1-26,28,61,63-64H,27H2,(H2,55,56,66,67). The number of phenolic OH excluding ortho intramolecular Hbond substituents is 2. The van der Waals surface area contributed by atoms with Crippen LogP contribution in [0.3, 0.4) is 0 Å². The number of hydrogen-bond acceptors (Lipinski definition) is 16. The van der Waals surface area contributed by atoms with Crippen molar-refractivity contribution in [3.8, 4) is 17.2 Å². The third-order valence-corrected chi connectivity index (χ3v) is 10.2. The Morgan fingerprint density at radius 1 is 0.653 bits per heavy atom. The number of anilines is 2. The van der Waals surface area contributed by atoms with Gasteiger partial charge in [0, 0.05) is 51.3 Å². The molecule has 0 saturated carbocycles. The Kier molecular flexibility index (Phi) is 14.3. The highest BCUT2D eigenvalue weighted by Crippen LogP contribution is 2.38. The summed E-state index contributed by atoms with van der Waals surface area (Å²) in [5.41, 5.74) is 5.27. The molecule has 0 saturated heterocycles. The van der Waals surface area contributed by atoms with Crippen LogP contribution in [0.5, 0.6) is 17.2 Å². The molecule has 19 nitrogen and oxygen atoms in total. The van der Waals surface area contributed by atoms with Crippen molar-refractivity contribution in [2.24, 2.45) is 25.6 Å². The maximum Gasteiger partial charge on any atom is 0.573 e. The average molecular weight is 978 g/mol. The van der Waals surface area contributed by atoms with Gasteiger partial charge in [-0.25, -0.2) is 10.3 Å². The van der Waals surface area contributed by atoms with Crippen LogP contribution in [-0.2, 0) is 16.3 Å². The SMILES string of the molecule is O=C(NC(=O)c1ccc2c(N=Nc3ccc(C(=O)c4ccc(N=Nc5c(O)ccc6cc(CON=CONc7cccc([N+](=O)[O-])c7)ccc56)cc4)cc3)c(O)ccc2c1)Nc1cccc(OC(F)(F)F)c1. The highest BCUT2D eigenvalue weighted by molar-refractivity contribution is 6.10. The van der Waals surface area contributed by atoms with Gasteiger partial charge >= 0.3 is 12.4 Å². The second-order valence-electron chi connectivity index (χ2n) is 15.2. The van der Waals surface area contributed by atoms with Crippen LogP contribution in [0.1, 0.15) is 31.8 Å². The summed E-state index contributed by atoms with van der Waals surface area (Å²) in [5, 5.41) is 59.6. The first-order chi connectivity index (χ1) is 34.7. The number of nitro groups is 1. The molecule has 0 radical (unpaired) electrons. The average Bonchev–Trinajstić information content (AvgIpc) is 3.36. The first-order valence-electron chi connectivity index (χ1n) is 21.0. The fraction of sp³-hybridized carbons (Fsp3) is 0.0400. The lowest BCUT2D eigenvalue weighted by atomic mass is 10.0. The summed E-state index contributed by atoms with van der Waals surface area (Å²) in [6, 6.07) is 37.6. The number of amides is 3. The second kappa shape index (κ2) is 21.4. The van der Waals surface area contributed by atoms with Gasteiger partial charge in [0.05, 0.1) is 22.0 Å². The van der Waals surface area contributed by atoms with Gasteiger partial charge < -0.3 is 29.9 Å². The lowest BCUT2D eigenvalue weighted by Gasteiger charge is -2.11. The molecule has 0 bridgehead atoms. The minimum absolute atomic E-state index is 0.0516. The number of hydrogen-bond donors (Lipinski definition) is 5. The van der Waals surface area contributed by atoms with Crippen LogP contribution in [0.2, 0.25) is 0 Å². The summed E-state index contributed by atoms with van der Waals surface area (Å²) < 4.78 is 41.6. The van der Waals surface area contributed by atoms with Gasteiger partial charge in [-0.2, -0.15) is 10.2 Å². The number of azo groups is 2. The van der Waals surface area contributed by atoms with E-state index in [9.17, 15) is 47.9 Å². The Labute approximate surface area is 403 Å². The number of alkyl halides is 3. The van der Waals surface area contributed by atoms with E-state index in [0.29, 0.717) is 44.3 Å². The summed E-state index contributed by atoms with van der Waals surface area (Å²) in [4.78, 5) is 59.5. The zero-order valence-corrected chi connectivity index (χ0v) is 36.8. The molecule has 8 aromatic rings. The number of ketones is 1. The maximum absolute atomic E-state index is 13.4. The van der Waals surface area contributed by atoms with Crippen molar-refractivity contribution in [3.63, 3.8) is 0 Å². The van der Waals surface area contributed by atoms with E-state index >= 15 is 0 Å². The van der Waals surface area contributed by atoms with Crippen LogP contribution in [0.4, 0.5) is 57.8 Å². The molecule has 8 aromatic carbocycles. The van der Waals surface area contributed by atoms with E-state index in [4.69, 9.17) is 9.68 Å². The molecule has 0 spiro atoms. The van der Waals surface area contributed by atoms with Crippen molar-refractivity contribution in [1.82, 2.24) is 5.32 Å². The third kappa shape index (κ3) is 12.3. The van der Waals surface area contributed by atoms with Crippen molar-refractivity contribution in [3.05, 3.63) is 190 Å². The van der Waals surface area contributed by atoms with Gasteiger partial charge in [-0.3, -0.25) is 25.0 Å². The number of carbonyl (C=O) groups is 3. The number of nitrogens with one attached hydrogen (secondary N) is 3. The van der Waals surface area contributed by atoms with Gasteiger partial charge in [0.25, 0.3) is 11.6 Å². The molecular weight excluding hydrogens is 944 g/mol. The maximum atomic E-state index is 13.4. The number of benzene rings is 8. The van der Waals surface area contributed by atoms with Crippen molar-refractivity contribution < 1.29 is 57.1 Å². The molecule has 0 aliphatic rings. The molecule has 0 aliphatic carbocycles. The molecule has 22 heteroatoms. The quantitative estimate of drug-likeness (QED) is 0.0152. The zero-order chi connectivity index (χ0) is 50.8. The normalized spacial score (nSPS) is 11.5. The van der Waals surface area contributed by atoms with Crippen molar-refractivity contribution in [2.45, 2.75) is 13.0 Å². The Hall–Kier alpha value is -10.3. The molecular formula is C50H34F3N9O10. The first kappa shape index (κ1) is 48.2. The van der Waals surface area contributed by atoms with Crippen molar-refractivity contribution >= 4 is 85.5 Å². The Balaban J connectivity index is 0.851. The van der Waals surface area contributed by atoms with Crippen LogP contribution in [-0.4, -0.2) is 45.6 Å². The van der Waals surface area contributed by atoms with Crippen LogP contribution in [0.25, 0.3) is 21.5 Å². The number of imide groups is 1. The van der Waals surface area contributed by atoms with Crippen LogP contribution < -0.4 is 20.9 Å².